The van der Waals surface area contributed by atoms with E-state index in [2.05, 4.69) is 72.3 Å². The van der Waals surface area contributed by atoms with Crippen molar-refractivity contribution in [3.8, 4) is 0 Å². The minimum atomic E-state index is 0.161. The van der Waals surface area contributed by atoms with Crippen LogP contribution in [0.2, 0.25) is 0 Å². The molecule has 0 aliphatic carbocycles. The number of thiophene rings is 1. The minimum Gasteiger partial charge on any atom is -0.377 e. The van der Waals surface area contributed by atoms with Crippen molar-refractivity contribution < 1.29 is 4.74 Å². The summed E-state index contributed by atoms with van der Waals surface area (Å²) in [7, 11) is 0. The summed E-state index contributed by atoms with van der Waals surface area (Å²) in [5, 5.41) is 3.81. The number of rotatable bonds is 1. The molecule has 1 fully saturated rings. The van der Waals surface area contributed by atoms with Crippen molar-refractivity contribution in [2.45, 2.75) is 51.2 Å². The maximum atomic E-state index is 6.29. The van der Waals surface area contributed by atoms with Crippen LogP contribution in [0.4, 0.5) is 5.69 Å². The normalized spacial score (nSPS) is 26.4. The van der Waals surface area contributed by atoms with Crippen molar-refractivity contribution in [1.82, 2.24) is 0 Å². The minimum absolute atomic E-state index is 0.161. The molecule has 2 aromatic rings. The molecule has 128 valence electrons. The summed E-state index contributed by atoms with van der Waals surface area (Å²) in [6.07, 6.45) is 2.58. The first-order valence-corrected chi connectivity index (χ1v) is 10.3. The second-order valence-electron chi connectivity index (χ2n) is 7.91. The van der Waals surface area contributed by atoms with E-state index in [1.165, 1.54) is 31.9 Å². The van der Waals surface area contributed by atoms with Gasteiger partial charge in [-0.3, -0.25) is 0 Å². The van der Waals surface area contributed by atoms with Gasteiger partial charge in [0.2, 0.25) is 0 Å². The molecule has 2 aliphatic heterocycles. The number of fused-ring (bicyclic) bond motifs is 3. The predicted molar refractivity (Wildman–Crippen MR) is 105 cm³/mol. The average Bonchev–Trinajstić information content (AvgIpc) is 2.99. The Morgan fingerprint density at radius 3 is 2.75 bits per heavy atom. The number of hydrogen-bond donors (Lipinski definition) is 1. The molecule has 1 aromatic heterocycles. The van der Waals surface area contributed by atoms with Crippen molar-refractivity contribution in [2.75, 3.05) is 11.9 Å². The van der Waals surface area contributed by atoms with Crippen molar-refractivity contribution in [1.29, 1.82) is 0 Å². The van der Waals surface area contributed by atoms with Gasteiger partial charge in [-0.25, -0.2) is 0 Å². The van der Waals surface area contributed by atoms with Crippen LogP contribution < -0.4 is 5.32 Å². The fourth-order valence-electron chi connectivity index (χ4n) is 3.91. The monoisotopic (exact) mass is 405 g/mol. The molecule has 0 bridgehead atoms. The Morgan fingerprint density at radius 2 is 2.04 bits per heavy atom. The smallest absolute Gasteiger partial charge is 0.0896 e. The van der Waals surface area contributed by atoms with Gasteiger partial charge in [0.1, 0.15) is 0 Å². The first-order valence-electron chi connectivity index (χ1n) is 8.71. The number of hydrogen-bond acceptors (Lipinski definition) is 3. The first-order chi connectivity index (χ1) is 11.4. The van der Waals surface area contributed by atoms with Gasteiger partial charge in [0.15, 0.2) is 0 Å². The molecule has 0 saturated carbocycles. The summed E-state index contributed by atoms with van der Waals surface area (Å²) in [6.45, 7) is 7.70. The van der Waals surface area contributed by atoms with Gasteiger partial charge in [-0.2, -0.15) is 0 Å². The van der Waals surface area contributed by atoms with Crippen LogP contribution in [0.15, 0.2) is 34.1 Å². The zero-order valence-electron chi connectivity index (χ0n) is 14.4. The fourth-order valence-corrected chi connectivity index (χ4v) is 5.47. The van der Waals surface area contributed by atoms with E-state index >= 15 is 0 Å². The highest BCUT2D eigenvalue weighted by Crippen LogP contribution is 2.51. The second kappa shape index (κ2) is 6.15. The first kappa shape index (κ1) is 16.6. The summed E-state index contributed by atoms with van der Waals surface area (Å²) in [4.78, 5) is 1.40. The van der Waals surface area contributed by atoms with E-state index in [9.17, 15) is 0 Å². The van der Waals surface area contributed by atoms with E-state index in [0.29, 0.717) is 12.0 Å². The van der Waals surface area contributed by atoms with Gasteiger partial charge < -0.3 is 10.1 Å². The number of ether oxygens (including phenoxy) is 1. The Balaban J connectivity index is 1.77. The Kier molecular flexibility index (Phi) is 4.26. The Morgan fingerprint density at radius 1 is 1.21 bits per heavy atom. The number of nitrogens with one attached hydrogen (secondary N) is 1. The molecule has 1 N–H and O–H groups in total. The molecule has 2 nitrogen and oxygen atoms in total. The summed E-state index contributed by atoms with van der Waals surface area (Å²) >= 11 is 5.44. The molecule has 4 rings (SSSR count). The van der Waals surface area contributed by atoms with Crippen LogP contribution in [0.1, 0.15) is 61.8 Å². The van der Waals surface area contributed by atoms with Gasteiger partial charge in [0.05, 0.1) is 15.9 Å². The molecule has 1 aromatic carbocycles. The van der Waals surface area contributed by atoms with Crippen molar-refractivity contribution in [2.24, 2.45) is 5.92 Å². The lowest BCUT2D eigenvalue weighted by Crippen LogP contribution is -2.35. The van der Waals surface area contributed by atoms with Gasteiger partial charge in [-0.1, -0.05) is 32.9 Å². The molecule has 2 unspecified atom stereocenters. The molecule has 24 heavy (non-hydrogen) atoms. The summed E-state index contributed by atoms with van der Waals surface area (Å²) in [6, 6.07) is 11.6. The molecule has 0 radical (unpaired) electrons. The third-order valence-corrected chi connectivity index (χ3v) is 6.94. The summed E-state index contributed by atoms with van der Waals surface area (Å²) < 4.78 is 7.48. The summed E-state index contributed by atoms with van der Waals surface area (Å²) in [5.74, 6) is 0.506. The van der Waals surface area contributed by atoms with E-state index in [1.807, 2.05) is 11.3 Å². The van der Waals surface area contributed by atoms with Gasteiger partial charge >= 0.3 is 0 Å². The molecular weight excluding hydrogens is 382 g/mol. The highest BCUT2D eigenvalue weighted by Gasteiger charge is 2.40. The maximum absolute atomic E-state index is 6.29. The number of halogens is 1. The van der Waals surface area contributed by atoms with E-state index in [4.69, 9.17) is 4.74 Å². The summed E-state index contributed by atoms with van der Waals surface area (Å²) in [5.41, 5.74) is 4.13. The molecule has 4 heteroatoms. The highest BCUT2D eigenvalue weighted by molar-refractivity contribution is 9.11. The topological polar surface area (TPSA) is 21.3 Å². The van der Waals surface area contributed by atoms with Crippen LogP contribution in [0, 0.1) is 5.92 Å². The van der Waals surface area contributed by atoms with Gasteiger partial charge in [0.25, 0.3) is 0 Å². The number of benzene rings is 1. The third-order valence-electron chi connectivity index (χ3n) is 5.23. The Bertz CT molecular complexity index is 748. The van der Waals surface area contributed by atoms with Crippen molar-refractivity contribution in [3.05, 3.63) is 50.1 Å². The lowest BCUT2D eigenvalue weighted by Gasteiger charge is -2.43. The molecule has 3 atom stereocenters. The zero-order chi connectivity index (χ0) is 16.9. The average molecular weight is 406 g/mol. The Labute approximate surface area is 156 Å². The Hall–Kier alpha value is -0.840. The van der Waals surface area contributed by atoms with E-state index in [1.54, 1.807) is 0 Å². The predicted octanol–water partition coefficient (Wildman–Crippen LogP) is 6.44. The van der Waals surface area contributed by atoms with Crippen molar-refractivity contribution >= 4 is 33.0 Å². The van der Waals surface area contributed by atoms with E-state index in [0.717, 1.165) is 13.0 Å². The van der Waals surface area contributed by atoms with Crippen LogP contribution in [-0.2, 0) is 10.2 Å². The van der Waals surface area contributed by atoms with Crippen LogP contribution >= 0.6 is 27.3 Å². The van der Waals surface area contributed by atoms with Crippen molar-refractivity contribution in [3.63, 3.8) is 0 Å². The van der Waals surface area contributed by atoms with Gasteiger partial charge in [-0.15, -0.1) is 11.3 Å². The third kappa shape index (κ3) is 2.93. The van der Waals surface area contributed by atoms with Gasteiger partial charge in [-0.05, 0) is 57.9 Å². The van der Waals surface area contributed by atoms with Crippen LogP contribution in [0.5, 0.6) is 0 Å². The van der Waals surface area contributed by atoms with E-state index < -0.39 is 0 Å². The fraction of sp³-hybridized carbons (Fsp3) is 0.500. The van der Waals surface area contributed by atoms with Crippen LogP contribution in [0.25, 0.3) is 0 Å². The van der Waals surface area contributed by atoms with E-state index in [-0.39, 0.29) is 11.5 Å². The lowest BCUT2D eigenvalue weighted by molar-refractivity contribution is -0.0378. The molecule has 2 aliphatic rings. The molecule has 0 amide bonds. The maximum Gasteiger partial charge on any atom is 0.0896 e. The second-order valence-corrected chi connectivity index (χ2v) is 10.4. The molecule has 3 heterocycles. The molecular formula is C20H24BrNOS. The zero-order valence-corrected chi connectivity index (χ0v) is 16.8. The molecule has 1 saturated heterocycles. The highest BCUT2D eigenvalue weighted by atomic mass is 79.9. The van der Waals surface area contributed by atoms with Gasteiger partial charge in [0, 0.05) is 28.7 Å². The lowest BCUT2D eigenvalue weighted by atomic mass is 9.77. The SMILES string of the molecule is CC(C)(C)c1ccc2c(c1)C1OCCCC1[C@H](c1ccc(Br)s1)N2. The van der Waals surface area contributed by atoms with Crippen LogP contribution in [0.3, 0.4) is 0 Å². The quantitative estimate of drug-likeness (QED) is 0.588. The van der Waals surface area contributed by atoms with Crippen LogP contribution in [-0.4, -0.2) is 6.61 Å². The largest absolute Gasteiger partial charge is 0.377 e. The molecule has 0 spiro atoms. The standard InChI is InChI=1S/C20H24BrNOS/c1-20(2,3)12-6-7-15-14(11-12)19-13(5-4-10-23-19)18(22-15)16-8-9-17(21)24-16/h6-9,11,13,18-19,22H,4-5,10H2,1-3H3/t13?,18-,19?/m1/s1. The number of anilines is 1.